The maximum absolute atomic E-state index is 11.7. The first-order valence-corrected chi connectivity index (χ1v) is 7.14. The van der Waals surface area contributed by atoms with Gasteiger partial charge in [-0.2, -0.15) is 4.98 Å². The molecule has 0 atom stereocenters. The third-order valence-electron chi connectivity index (χ3n) is 2.91. The number of halogens is 1. The predicted molar refractivity (Wildman–Crippen MR) is 88.8 cm³/mol. The zero-order valence-electron chi connectivity index (χ0n) is 13.2. The number of rotatable bonds is 8. The molecular weight excluding hydrogens is 320 g/mol. The molecule has 1 aromatic heterocycles. The van der Waals surface area contributed by atoms with Gasteiger partial charge in [0, 0.05) is 19.0 Å². The van der Waals surface area contributed by atoms with Gasteiger partial charge in [-0.1, -0.05) is 5.16 Å². The number of nitrogens with zero attached hydrogens (tertiary/aromatic N) is 2. The molecule has 2 N–H and O–H groups in total. The molecule has 0 unspecified atom stereocenters. The number of amides is 1. The second kappa shape index (κ2) is 9.81. The summed E-state index contributed by atoms with van der Waals surface area (Å²) in [6.45, 7) is 2.80. The molecule has 2 rings (SSSR count). The van der Waals surface area contributed by atoms with Crippen LogP contribution in [0.3, 0.4) is 0 Å². The molecule has 0 fully saturated rings. The van der Waals surface area contributed by atoms with E-state index in [1.807, 2.05) is 7.05 Å². The van der Waals surface area contributed by atoms with E-state index in [9.17, 15) is 4.79 Å². The van der Waals surface area contributed by atoms with Crippen LogP contribution in [-0.2, 0) is 11.4 Å². The molecule has 23 heavy (non-hydrogen) atoms. The van der Waals surface area contributed by atoms with Crippen LogP contribution < -0.4 is 15.4 Å². The topological polar surface area (TPSA) is 89.3 Å². The minimum atomic E-state index is 0. The SMILES string of the molecule is CNCCCC(=O)Nc1ccc(OCc2noc(C)n2)cc1.Cl. The van der Waals surface area contributed by atoms with Crippen molar-refractivity contribution < 1.29 is 14.1 Å². The molecule has 0 bridgehead atoms. The molecule has 2 aromatic rings. The zero-order chi connectivity index (χ0) is 15.8. The standard InChI is InChI=1S/C15H20N4O3.ClH/c1-11-17-14(19-22-11)10-21-13-7-5-12(6-8-13)18-15(20)4-3-9-16-2;/h5-8,16H,3-4,9-10H2,1-2H3,(H,18,20);1H. The number of carbonyl (C=O) groups excluding carboxylic acids is 1. The monoisotopic (exact) mass is 340 g/mol. The van der Waals surface area contributed by atoms with E-state index in [0.29, 0.717) is 23.9 Å². The number of benzene rings is 1. The van der Waals surface area contributed by atoms with Gasteiger partial charge in [-0.15, -0.1) is 12.4 Å². The lowest BCUT2D eigenvalue weighted by molar-refractivity contribution is -0.116. The summed E-state index contributed by atoms with van der Waals surface area (Å²) in [4.78, 5) is 15.7. The summed E-state index contributed by atoms with van der Waals surface area (Å²) in [6.07, 6.45) is 1.31. The van der Waals surface area contributed by atoms with Crippen LogP contribution in [0.15, 0.2) is 28.8 Å². The Balaban J connectivity index is 0.00000264. The molecule has 0 saturated heterocycles. The van der Waals surface area contributed by atoms with E-state index in [2.05, 4.69) is 20.8 Å². The number of hydrogen-bond acceptors (Lipinski definition) is 6. The smallest absolute Gasteiger partial charge is 0.224 e. The summed E-state index contributed by atoms with van der Waals surface area (Å²) in [5.41, 5.74) is 0.747. The Morgan fingerprint density at radius 3 is 2.65 bits per heavy atom. The average molecular weight is 341 g/mol. The summed E-state index contributed by atoms with van der Waals surface area (Å²) in [5, 5.41) is 9.60. The van der Waals surface area contributed by atoms with Crippen LogP contribution in [0.4, 0.5) is 5.69 Å². The highest BCUT2D eigenvalue weighted by Crippen LogP contribution is 2.17. The van der Waals surface area contributed by atoms with Crippen molar-refractivity contribution in [3.05, 3.63) is 36.0 Å². The highest BCUT2D eigenvalue weighted by Gasteiger charge is 2.04. The van der Waals surface area contributed by atoms with Crippen molar-refractivity contribution in [2.24, 2.45) is 0 Å². The molecule has 8 heteroatoms. The van der Waals surface area contributed by atoms with Crippen molar-refractivity contribution >= 4 is 24.0 Å². The molecular formula is C15H21ClN4O3. The lowest BCUT2D eigenvalue weighted by Crippen LogP contribution is -2.15. The second-order valence-corrected chi connectivity index (χ2v) is 4.80. The zero-order valence-corrected chi connectivity index (χ0v) is 14.0. The fraction of sp³-hybridized carbons (Fsp3) is 0.400. The third kappa shape index (κ3) is 6.66. The summed E-state index contributed by atoms with van der Waals surface area (Å²) < 4.78 is 10.4. The van der Waals surface area contributed by atoms with Crippen LogP contribution in [-0.4, -0.2) is 29.6 Å². The molecule has 1 aromatic carbocycles. The van der Waals surface area contributed by atoms with Crippen molar-refractivity contribution in [2.45, 2.75) is 26.4 Å². The van der Waals surface area contributed by atoms with Crippen LogP contribution in [0.25, 0.3) is 0 Å². The molecule has 0 aliphatic heterocycles. The highest BCUT2D eigenvalue weighted by molar-refractivity contribution is 5.90. The van der Waals surface area contributed by atoms with Crippen LogP contribution in [0.1, 0.15) is 24.6 Å². The lowest BCUT2D eigenvalue weighted by atomic mass is 10.2. The molecule has 1 amide bonds. The van der Waals surface area contributed by atoms with Gasteiger partial charge in [0.25, 0.3) is 0 Å². The molecule has 0 aliphatic rings. The van der Waals surface area contributed by atoms with Gasteiger partial charge in [-0.25, -0.2) is 0 Å². The molecule has 0 radical (unpaired) electrons. The summed E-state index contributed by atoms with van der Waals surface area (Å²) >= 11 is 0. The summed E-state index contributed by atoms with van der Waals surface area (Å²) in [5.74, 6) is 1.69. The number of nitrogens with one attached hydrogen (secondary N) is 2. The van der Waals surface area contributed by atoms with Gasteiger partial charge in [-0.3, -0.25) is 4.79 Å². The summed E-state index contributed by atoms with van der Waals surface area (Å²) in [6, 6.07) is 7.17. The fourth-order valence-corrected chi connectivity index (χ4v) is 1.83. The quantitative estimate of drug-likeness (QED) is 0.717. The molecule has 7 nitrogen and oxygen atoms in total. The van der Waals surface area contributed by atoms with Crippen LogP contribution in [0.2, 0.25) is 0 Å². The lowest BCUT2D eigenvalue weighted by Gasteiger charge is -2.07. The van der Waals surface area contributed by atoms with E-state index < -0.39 is 0 Å². The number of ether oxygens (including phenoxy) is 1. The Labute approximate surface area is 141 Å². The summed E-state index contributed by atoms with van der Waals surface area (Å²) in [7, 11) is 1.87. The van der Waals surface area contributed by atoms with E-state index >= 15 is 0 Å². The van der Waals surface area contributed by atoms with Crippen LogP contribution in [0.5, 0.6) is 5.75 Å². The fourth-order valence-electron chi connectivity index (χ4n) is 1.83. The van der Waals surface area contributed by atoms with Crippen molar-refractivity contribution in [1.29, 1.82) is 0 Å². The second-order valence-electron chi connectivity index (χ2n) is 4.80. The van der Waals surface area contributed by atoms with Gasteiger partial charge >= 0.3 is 0 Å². The van der Waals surface area contributed by atoms with E-state index in [-0.39, 0.29) is 24.9 Å². The normalized spacial score (nSPS) is 10.0. The van der Waals surface area contributed by atoms with Gasteiger partial charge in [0.05, 0.1) is 0 Å². The van der Waals surface area contributed by atoms with E-state index in [0.717, 1.165) is 18.7 Å². The van der Waals surface area contributed by atoms with E-state index in [1.54, 1.807) is 31.2 Å². The average Bonchev–Trinajstić information content (AvgIpc) is 2.92. The van der Waals surface area contributed by atoms with Crippen LogP contribution >= 0.6 is 12.4 Å². The molecule has 0 spiro atoms. The molecule has 0 aliphatic carbocycles. The Hall–Kier alpha value is -2.12. The first-order chi connectivity index (χ1) is 10.7. The van der Waals surface area contributed by atoms with Gasteiger partial charge in [0.15, 0.2) is 6.61 Å². The number of anilines is 1. The maximum atomic E-state index is 11.7. The van der Waals surface area contributed by atoms with E-state index in [1.165, 1.54) is 0 Å². The molecule has 126 valence electrons. The Kier molecular flexibility index (Phi) is 8.07. The maximum Gasteiger partial charge on any atom is 0.224 e. The molecule has 0 saturated carbocycles. The number of aryl methyl sites for hydroxylation is 1. The Bertz CT molecular complexity index is 601. The number of hydrogen-bond donors (Lipinski definition) is 2. The third-order valence-corrected chi connectivity index (χ3v) is 2.91. The number of aromatic nitrogens is 2. The minimum Gasteiger partial charge on any atom is -0.485 e. The van der Waals surface area contributed by atoms with Crippen LogP contribution in [0, 0.1) is 6.92 Å². The van der Waals surface area contributed by atoms with Gasteiger partial charge in [-0.05, 0) is 44.3 Å². The Morgan fingerprint density at radius 1 is 1.30 bits per heavy atom. The highest BCUT2D eigenvalue weighted by atomic mass is 35.5. The van der Waals surface area contributed by atoms with Crippen molar-refractivity contribution in [3.63, 3.8) is 0 Å². The first-order valence-electron chi connectivity index (χ1n) is 7.14. The number of carbonyl (C=O) groups is 1. The Morgan fingerprint density at radius 2 is 2.04 bits per heavy atom. The first kappa shape index (κ1) is 18.9. The van der Waals surface area contributed by atoms with Gasteiger partial charge in [0.1, 0.15) is 5.75 Å². The minimum absolute atomic E-state index is 0. The predicted octanol–water partition coefficient (Wildman–Crippen LogP) is 2.32. The molecule has 1 heterocycles. The van der Waals surface area contributed by atoms with Gasteiger partial charge in [0.2, 0.25) is 17.6 Å². The van der Waals surface area contributed by atoms with Gasteiger partial charge < -0.3 is 19.9 Å². The van der Waals surface area contributed by atoms with Crippen molar-refractivity contribution in [3.8, 4) is 5.75 Å². The van der Waals surface area contributed by atoms with Crippen molar-refractivity contribution in [2.75, 3.05) is 18.9 Å². The van der Waals surface area contributed by atoms with Crippen molar-refractivity contribution in [1.82, 2.24) is 15.5 Å². The largest absolute Gasteiger partial charge is 0.485 e. The van der Waals surface area contributed by atoms with E-state index in [4.69, 9.17) is 9.26 Å².